The van der Waals surface area contributed by atoms with Gasteiger partial charge in [-0.05, 0) is 136 Å². The molecule has 1 aliphatic carbocycles. The maximum absolute atomic E-state index is 12.3. The Morgan fingerprint density at radius 1 is 0.702 bits per heavy atom. The molecular weight excluding hydrogens is 721 g/mol. The quantitative estimate of drug-likeness (QED) is 0.0438. The largest absolute Gasteiger partial charge is 0.492 e. The van der Waals surface area contributed by atoms with E-state index in [0.717, 1.165) is 34.6 Å². The van der Waals surface area contributed by atoms with Gasteiger partial charge in [0.1, 0.15) is 19.0 Å². The van der Waals surface area contributed by atoms with E-state index in [0.29, 0.717) is 48.5 Å². The van der Waals surface area contributed by atoms with Gasteiger partial charge in [-0.2, -0.15) is 0 Å². The lowest BCUT2D eigenvalue weighted by Crippen LogP contribution is -2.41. The molecule has 0 heterocycles. The minimum absolute atomic E-state index is 0.159. The number of hydrogen-bond donors (Lipinski definition) is 2. The first-order valence-corrected chi connectivity index (χ1v) is 20.9. The number of rotatable bonds is 25. The van der Waals surface area contributed by atoms with Crippen LogP contribution < -0.4 is 4.74 Å². The SMILES string of the molecule is C=C(C)C(=O)OCCCc1cc(-c2ccc(C3CCC(CCCCC)CC3)cc2CC)cc(CCCOC(=O)C(=C)C)c1OCC(CO)(CO)COC(=O)C(=C)C. The second-order valence-corrected chi connectivity index (χ2v) is 16.1. The van der Waals surface area contributed by atoms with Gasteiger partial charge in [-0.3, -0.25) is 0 Å². The van der Waals surface area contributed by atoms with E-state index in [4.69, 9.17) is 18.9 Å². The van der Waals surface area contributed by atoms with Crippen LogP contribution in [0.3, 0.4) is 0 Å². The number of aryl methyl sites for hydroxylation is 3. The van der Waals surface area contributed by atoms with Crippen LogP contribution in [-0.2, 0) is 47.9 Å². The van der Waals surface area contributed by atoms with Gasteiger partial charge < -0.3 is 29.2 Å². The zero-order chi connectivity index (χ0) is 42.0. The molecule has 0 aromatic heterocycles. The lowest BCUT2D eigenvalue weighted by Gasteiger charge is -2.30. The summed E-state index contributed by atoms with van der Waals surface area (Å²) in [5.74, 6) is 0.416. The maximum atomic E-state index is 12.3. The van der Waals surface area contributed by atoms with Crippen LogP contribution >= 0.6 is 0 Å². The Balaban J connectivity index is 2.04. The number of hydrogen-bond acceptors (Lipinski definition) is 9. The maximum Gasteiger partial charge on any atom is 0.333 e. The molecule has 0 bridgehead atoms. The van der Waals surface area contributed by atoms with Crippen LogP contribution in [0.25, 0.3) is 11.1 Å². The Hall–Kier alpha value is -4.21. The molecule has 57 heavy (non-hydrogen) atoms. The van der Waals surface area contributed by atoms with Gasteiger partial charge in [0.2, 0.25) is 0 Å². The summed E-state index contributed by atoms with van der Waals surface area (Å²) in [6, 6.07) is 11.1. The normalized spacial score (nSPS) is 15.4. The van der Waals surface area contributed by atoms with Crippen molar-refractivity contribution in [3.8, 4) is 16.9 Å². The predicted octanol–water partition coefficient (Wildman–Crippen LogP) is 9.34. The number of unbranched alkanes of at least 4 members (excludes halogenated alkanes) is 2. The smallest absolute Gasteiger partial charge is 0.333 e. The van der Waals surface area contributed by atoms with Crippen molar-refractivity contribution in [2.45, 2.75) is 124 Å². The first-order chi connectivity index (χ1) is 27.3. The van der Waals surface area contributed by atoms with Crippen molar-refractivity contribution in [1.29, 1.82) is 0 Å². The van der Waals surface area contributed by atoms with Gasteiger partial charge in [0, 0.05) is 16.7 Å². The van der Waals surface area contributed by atoms with Crippen LogP contribution in [0.5, 0.6) is 5.75 Å². The number of aliphatic hydroxyl groups is 2. The average molecular weight is 789 g/mol. The number of esters is 3. The first-order valence-electron chi connectivity index (χ1n) is 20.9. The summed E-state index contributed by atoms with van der Waals surface area (Å²) >= 11 is 0. The van der Waals surface area contributed by atoms with Crippen molar-refractivity contribution in [2.24, 2.45) is 11.3 Å². The highest BCUT2D eigenvalue weighted by atomic mass is 16.5. The van der Waals surface area contributed by atoms with Crippen molar-refractivity contribution in [1.82, 2.24) is 0 Å². The fraction of sp³-hybridized carbons (Fsp3) is 0.562. The van der Waals surface area contributed by atoms with E-state index in [1.54, 1.807) is 13.8 Å². The second-order valence-electron chi connectivity index (χ2n) is 16.1. The van der Waals surface area contributed by atoms with Crippen molar-refractivity contribution in [3.63, 3.8) is 0 Å². The molecule has 0 amide bonds. The Morgan fingerprint density at radius 3 is 1.74 bits per heavy atom. The van der Waals surface area contributed by atoms with E-state index < -0.39 is 36.5 Å². The fourth-order valence-electron chi connectivity index (χ4n) is 7.32. The summed E-state index contributed by atoms with van der Waals surface area (Å²) in [6.45, 7) is 19.1. The minimum atomic E-state index is -1.30. The third-order valence-corrected chi connectivity index (χ3v) is 11.0. The number of carbonyl (C=O) groups is 3. The van der Waals surface area contributed by atoms with Gasteiger partial charge in [-0.1, -0.05) is 77.5 Å². The van der Waals surface area contributed by atoms with Gasteiger partial charge >= 0.3 is 17.9 Å². The molecule has 0 unspecified atom stereocenters. The molecule has 0 radical (unpaired) electrons. The molecule has 0 spiro atoms. The van der Waals surface area contributed by atoms with Crippen LogP contribution in [-0.4, -0.2) is 67.8 Å². The van der Waals surface area contributed by atoms with Gasteiger partial charge in [0.25, 0.3) is 0 Å². The molecule has 1 fully saturated rings. The van der Waals surface area contributed by atoms with E-state index in [-0.39, 0.29) is 32.0 Å². The molecule has 1 saturated carbocycles. The summed E-state index contributed by atoms with van der Waals surface area (Å²) < 4.78 is 22.8. The lowest BCUT2D eigenvalue weighted by atomic mass is 9.76. The molecule has 2 N–H and O–H groups in total. The van der Waals surface area contributed by atoms with Crippen LogP contribution in [0, 0.1) is 11.3 Å². The first kappa shape index (κ1) is 47.2. The second kappa shape index (κ2) is 23.9. The summed E-state index contributed by atoms with van der Waals surface area (Å²) in [4.78, 5) is 36.6. The highest BCUT2D eigenvalue weighted by Gasteiger charge is 2.33. The van der Waals surface area contributed by atoms with Gasteiger partial charge in [-0.25, -0.2) is 14.4 Å². The van der Waals surface area contributed by atoms with E-state index >= 15 is 0 Å². The van der Waals surface area contributed by atoms with E-state index in [9.17, 15) is 24.6 Å². The lowest BCUT2D eigenvalue weighted by molar-refractivity contribution is -0.146. The Bertz CT molecular complexity index is 1620. The summed E-state index contributed by atoms with van der Waals surface area (Å²) in [7, 11) is 0. The Morgan fingerprint density at radius 2 is 1.25 bits per heavy atom. The number of benzene rings is 2. The third-order valence-electron chi connectivity index (χ3n) is 11.0. The highest BCUT2D eigenvalue weighted by Crippen LogP contribution is 2.41. The van der Waals surface area contributed by atoms with E-state index in [1.165, 1.54) is 69.4 Å². The fourth-order valence-corrected chi connectivity index (χ4v) is 7.32. The summed E-state index contributed by atoms with van der Waals surface area (Å²) in [5, 5.41) is 20.9. The van der Waals surface area contributed by atoms with Crippen molar-refractivity contribution < 1.29 is 43.5 Å². The predicted molar refractivity (Wildman–Crippen MR) is 226 cm³/mol. The van der Waals surface area contributed by atoms with Crippen LogP contribution in [0.1, 0.15) is 127 Å². The Labute approximate surface area is 341 Å². The average Bonchev–Trinajstić information content (AvgIpc) is 3.21. The van der Waals surface area contributed by atoms with Crippen LogP contribution in [0.15, 0.2) is 66.8 Å². The molecule has 9 heteroatoms. The van der Waals surface area contributed by atoms with Crippen LogP contribution in [0.4, 0.5) is 0 Å². The van der Waals surface area contributed by atoms with Crippen molar-refractivity contribution in [2.75, 3.05) is 39.6 Å². The number of aliphatic hydroxyl groups excluding tert-OH is 2. The molecule has 1 aliphatic rings. The molecule has 3 rings (SSSR count). The number of ether oxygens (including phenoxy) is 4. The van der Waals surface area contributed by atoms with Gasteiger partial charge in [0.15, 0.2) is 0 Å². The summed E-state index contributed by atoms with van der Waals surface area (Å²) in [5.41, 5.74) is 6.04. The molecule has 2 aromatic carbocycles. The third kappa shape index (κ3) is 14.6. The standard InChI is InChI=1S/C48H68O9/c1-9-11-12-15-36-18-20-38(21-19-36)39-22-23-43(37(10-2)26-39)42-27-40(16-13-24-54-45(51)33(3)4)44(41(28-42)17-14-25-55-46(52)34(5)6)56-31-48(29-49,30-50)32-57-47(53)35(7)8/h22-23,26-28,36,38,49-50H,3,5,7,9-21,24-25,29-32H2,1-2,4,6,8H3. The molecule has 0 aliphatic heterocycles. The van der Waals surface area contributed by atoms with E-state index in [2.05, 4.69) is 63.9 Å². The van der Waals surface area contributed by atoms with Gasteiger partial charge in [-0.15, -0.1) is 0 Å². The summed E-state index contributed by atoms with van der Waals surface area (Å²) in [6.07, 6.45) is 13.1. The van der Waals surface area contributed by atoms with Crippen molar-refractivity contribution in [3.05, 3.63) is 89.0 Å². The molecular formula is C48H68O9. The highest BCUT2D eigenvalue weighted by molar-refractivity contribution is 5.87. The molecule has 2 aromatic rings. The van der Waals surface area contributed by atoms with E-state index in [1.807, 2.05) is 0 Å². The molecule has 0 atom stereocenters. The zero-order valence-corrected chi connectivity index (χ0v) is 35.3. The molecule has 0 saturated heterocycles. The molecule has 314 valence electrons. The topological polar surface area (TPSA) is 129 Å². The minimum Gasteiger partial charge on any atom is -0.492 e. The van der Waals surface area contributed by atoms with Gasteiger partial charge in [0.05, 0.1) is 31.8 Å². The Kier molecular flexibility index (Phi) is 19.8. The monoisotopic (exact) mass is 788 g/mol. The van der Waals surface area contributed by atoms with Crippen LogP contribution in [0.2, 0.25) is 0 Å². The molecule has 9 nitrogen and oxygen atoms in total. The van der Waals surface area contributed by atoms with Crippen molar-refractivity contribution >= 4 is 17.9 Å². The number of carbonyl (C=O) groups excluding carboxylic acids is 3. The zero-order valence-electron chi connectivity index (χ0n) is 35.3.